The van der Waals surface area contributed by atoms with Gasteiger partial charge in [-0.15, -0.1) is 11.3 Å². The molecule has 0 saturated heterocycles. The number of carbonyl (C=O) groups excluding carboxylic acids is 2. The number of hydrogen-bond donors (Lipinski definition) is 1. The summed E-state index contributed by atoms with van der Waals surface area (Å²) in [4.78, 5) is 23.4. The number of carbonyl (C=O) groups is 2. The largest absolute Gasteiger partial charge is 0.288 e. The molecular weight excluding hydrogens is 246 g/mol. The Morgan fingerprint density at radius 3 is 2.61 bits per heavy atom. The molecule has 1 aliphatic heterocycles. The van der Waals surface area contributed by atoms with Crippen LogP contribution in [0.3, 0.4) is 0 Å². The molecule has 1 aromatic heterocycles. The van der Waals surface area contributed by atoms with Gasteiger partial charge in [0, 0.05) is 20.2 Å². The molecule has 1 aliphatic rings. The van der Waals surface area contributed by atoms with E-state index in [9.17, 15) is 9.59 Å². The van der Waals surface area contributed by atoms with E-state index < -0.39 is 0 Å². The highest BCUT2D eigenvalue weighted by Gasteiger charge is 2.29. The van der Waals surface area contributed by atoms with Crippen molar-refractivity contribution in [3.05, 3.63) is 47.5 Å². The summed E-state index contributed by atoms with van der Waals surface area (Å²) in [5.41, 5.74) is 1.01. The number of benzene rings is 2. The summed E-state index contributed by atoms with van der Waals surface area (Å²) in [6.07, 6.45) is 0. The van der Waals surface area contributed by atoms with Gasteiger partial charge in [-0.25, -0.2) is 0 Å². The van der Waals surface area contributed by atoms with Crippen molar-refractivity contribution in [2.45, 2.75) is 0 Å². The van der Waals surface area contributed by atoms with Crippen LogP contribution in [0.5, 0.6) is 0 Å². The van der Waals surface area contributed by atoms with Gasteiger partial charge in [0.15, 0.2) is 0 Å². The summed E-state index contributed by atoms with van der Waals surface area (Å²) in [5, 5.41) is 4.52. The lowest BCUT2D eigenvalue weighted by Crippen LogP contribution is -2.19. The highest BCUT2D eigenvalue weighted by atomic mass is 32.1. The Kier molecular flexibility index (Phi) is 1.73. The number of thiophene rings is 1. The number of nitrogens with one attached hydrogen (secondary N) is 1. The molecule has 0 atom stereocenters. The van der Waals surface area contributed by atoms with Gasteiger partial charge in [-0.3, -0.25) is 14.9 Å². The molecule has 4 heteroatoms. The van der Waals surface area contributed by atoms with Crippen molar-refractivity contribution in [1.29, 1.82) is 0 Å². The maximum Gasteiger partial charge on any atom is 0.260 e. The minimum absolute atomic E-state index is 0.285. The standard InChI is InChI=1S/C14H7NO2S/c16-13-9-6-5-8-7-3-1-2-4-10(7)18-12(8)11(9)14(17)15-13/h1-6H,(H,15,16,17). The molecule has 18 heavy (non-hydrogen) atoms. The Bertz CT molecular complexity index is 847. The predicted molar refractivity (Wildman–Crippen MR) is 71.1 cm³/mol. The van der Waals surface area contributed by atoms with Gasteiger partial charge in [-0.2, -0.15) is 0 Å². The third kappa shape index (κ3) is 1.08. The van der Waals surface area contributed by atoms with E-state index in [0.29, 0.717) is 11.1 Å². The van der Waals surface area contributed by atoms with Crippen LogP contribution in [0.2, 0.25) is 0 Å². The molecule has 2 aromatic carbocycles. The minimum atomic E-state index is -0.297. The molecule has 3 aromatic rings. The molecule has 0 aliphatic carbocycles. The summed E-state index contributed by atoms with van der Waals surface area (Å²) in [6, 6.07) is 11.7. The summed E-state index contributed by atoms with van der Waals surface area (Å²) < 4.78 is 2.03. The van der Waals surface area contributed by atoms with Crippen molar-refractivity contribution in [3.8, 4) is 0 Å². The van der Waals surface area contributed by atoms with Crippen LogP contribution >= 0.6 is 11.3 Å². The number of amides is 2. The van der Waals surface area contributed by atoms with Gasteiger partial charge in [0.2, 0.25) is 0 Å². The molecule has 0 unspecified atom stereocenters. The van der Waals surface area contributed by atoms with Crippen molar-refractivity contribution in [2.75, 3.05) is 0 Å². The summed E-state index contributed by atoms with van der Waals surface area (Å²) in [6.45, 7) is 0. The smallest absolute Gasteiger partial charge is 0.260 e. The Morgan fingerprint density at radius 1 is 0.889 bits per heavy atom. The molecule has 1 N–H and O–H groups in total. The quantitative estimate of drug-likeness (QED) is 0.626. The first-order valence-electron chi connectivity index (χ1n) is 5.55. The topological polar surface area (TPSA) is 46.2 Å². The minimum Gasteiger partial charge on any atom is -0.288 e. The van der Waals surface area contributed by atoms with Crippen LogP contribution in [-0.4, -0.2) is 11.8 Å². The van der Waals surface area contributed by atoms with Crippen LogP contribution in [0.4, 0.5) is 0 Å². The lowest BCUT2D eigenvalue weighted by atomic mass is 10.1. The van der Waals surface area contributed by atoms with E-state index in [-0.39, 0.29) is 11.8 Å². The maximum absolute atomic E-state index is 11.8. The molecule has 2 amide bonds. The first kappa shape index (κ1) is 9.79. The lowest BCUT2D eigenvalue weighted by molar-refractivity contribution is 0.0880. The molecule has 0 bridgehead atoms. The van der Waals surface area contributed by atoms with Crippen LogP contribution in [-0.2, 0) is 0 Å². The van der Waals surface area contributed by atoms with Gasteiger partial charge in [0.25, 0.3) is 11.8 Å². The predicted octanol–water partition coefficient (Wildman–Crippen LogP) is 2.94. The summed E-state index contributed by atoms with van der Waals surface area (Å²) in [5.74, 6) is -0.582. The average molecular weight is 253 g/mol. The summed E-state index contributed by atoms with van der Waals surface area (Å²) >= 11 is 1.56. The fraction of sp³-hybridized carbons (Fsp3) is 0. The Labute approximate surface area is 106 Å². The van der Waals surface area contributed by atoms with Crippen LogP contribution < -0.4 is 5.32 Å². The van der Waals surface area contributed by atoms with Crippen molar-refractivity contribution < 1.29 is 9.59 Å². The van der Waals surface area contributed by atoms with Gasteiger partial charge < -0.3 is 0 Å². The van der Waals surface area contributed by atoms with E-state index in [1.807, 2.05) is 30.3 Å². The molecule has 4 rings (SSSR count). The van der Waals surface area contributed by atoms with E-state index in [1.165, 1.54) is 0 Å². The third-order valence-corrected chi connectivity index (χ3v) is 4.45. The van der Waals surface area contributed by atoms with Crippen LogP contribution in [0.25, 0.3) is 20.2 Å². The van der Waals surface area contributed by atoms with Gasteiger partial charge in [0.1, 0.15) is 0 Å². The van der Waals surface area contributed by atoms with Crippen molar-refractivity contribution >= 4 is 43.3 Å². The third-order valence-electron chi connectivity index (χ3n) is 3.25. The second-order valence-corrected chi connectivity index (χ2v) is 5.30. The van der Waals surface area contributed by atoms with Crippen LogP contribution in [0, 0.1) is 0 Å². The number of fused-ring (bicyclic) bond motifs is 5. The molecule has 2 heterocycles. The summed E-state index contributed by atoms with van der Waals surface area (Å²) in [7, 11) is 0. The average Bonchev–Trinajstić information content (AvgIpc) is 2.88. The molecular formula is C14H7NO2S. The van der Waals surface area contributed by atoms with Gasteiger partial charge >= 0.3 is 0 Å². The van der Waals surface area contributed by atoms with E-state index in [0.717, 1.165) is 20.2 Å². The van der Waals surface area contributed by atoms with Crippen molar-refractivity contribution in [1.82, 2.24) is 5.32 Å². The zero-order chi connectivity index (χ0) is 12.3. The highest BCUT2D eigenvalue weighted by molar-refractivity contribution is 7.26. The second kappa shape index (κ2) is 3.17. The number of hydrogen-bond acceptors (Lipinski definition) is 3. The molecule has 0 saturated carbocycles. The monoisotopic (exact) mass is 253 g/mol. The fourth-order valence-electron chi connectivity index (χ4n) is 2.44. The van der Waals surface area contributed by atoms with Crippen LogP contribution in [0.15, 0.2) is 36.4 Å². The zero-order valence-corrected chi connectivity index (χ0v) is 10.0. The van der Waals surface area contributed by atoms with E-state index in [2.05, 4.69) is 5.32 Å². The fourth-order valence-corrected chi connectivity index (χ4v) is 3.68. The van der Waals surface area contributed by atoms with E-state index >= 15 is 0 Å². The van der Waals surface area contributed by atoms with E-state index in [4.69, 9.17) is 0 Å². The molecule has 0 spiro atoms. The first-order valence-corrected chi connectivity index (χ1v) is 6.37. The highest BCUT2D eigenvalue weighted by Crippen LogP contribution is 2.38. The first-order chi connectivity index (χ1) is 8.75. The molecule has 86 valence electrons. The maximum atomic E-state index is 11.8. The van der Waals surface area contributed by atoms with E-state index in [1.54, 1.807) is 17.4 Å². The Hall–Kier alpha value is -2.20. The Morgan fingerprint density at radius 2 is 1.72 bits per heavy atom. The number of imide groups is 1. The zero-order valence-electron chi connectivity index (χ0n) is 9.19. The van der Waals surface area contributed by atoms with Gasteiger partial charge in [-0.1, -0.05) is 24.3 Å². The number of rotatable bonds is 0. The second-order valence-electron chi connectivity index (χ2n) is 4.25. The molecule has 3 nitrogen and oxygen atoms in total. The van der Waals surface area contributed by atoms with Gasteiger partial charge in [-0.05, 0) is 12.1 Å². The lowest BCUT2D eigenvalue weighted by Gasteiger charge is -1.96. The normalized spacial score (nSPS) is 14.2. The SMILES string of the molecule is O=C1NC(=O)c2c1ccc1c2sc2ccccc21. The van der Waals surface area contributed by atoms with Crippen LogP contribution in [0.1, 0.15) is 20.7 Å². The molecule has 0 fully saturated rings. The van der Waals surface area contributed by atoms with Gasteiger partial charge in [0.05, 0.1) is 11.1 Å². The van der Waals surface area contributed by atoms with Crippen molar-refractivity contribution in [2.24, 2.45) is 0 Å². The Balaban J connectivity index is 2.25. The van der Waals surface area contributed by atoms with Crippen molar-refractivity contribution in [3.63, 3.8) is 0 Å². The molecule has 0 radical (unpaired) electrons.